The number of hydrogen-bond donors (Lipinski definition) is 0. The van der Waals surface area contributed by atoms with Crippen molar-refractivity contribution >= 4 is 55.8 Å². The van der Waals surface area contributed by atoms with Gasteiger partial charge in [0, 0.05) is 11.6 Å². The molecule has 1 aromatic heterocycles. The lowest BCUT2D eigenvalue weighted by Crippen LogP contribution is -2.36. The van der Waals surface area contributed by atoms with Crippen molar-refractivity contribution in [2.45, 2.75) is 6.42 Å². The lowest BCUT2D eigenvalue weighted by atomic mass is 10.3. The predicted molar refractivity (Wildman–Crippen MR) is 124 cm³/mol. The Morgan fingerprint density at radius 2 is 1.93 bits per heavy atom. The summed E-state index contributed by atoms with van der Waals surface area (Å²) in [6.07, 6.45) is 0.799. The number of nitrogens with zero attached hydrogens (tertiary/aromatic N) is 3. The van der Waals surface area contributed by atoms with E-state index in [0.29, 0.717) is 33.2 Å². The highest BCUT2D eigenvalue weighted by molar-refractivity contribution is 7.22. The van der Waals surface area contributed by atoms with Crippen molar-refractivity contribution in [3.63, 3.8) is 0 Å². The smallest absolute Gasteiger partial charge is 0.266 e. The predicted octanol–water partition coefficient (Wildman–Crippen LogP) is 4.98. The fourth-order valence-corrected chi connectivity index (χ4v) is 4.36. The third kappa shape index (κ3) is 5.55. The normalized spacial score (nSPS) is 11.1. The lowest BCUT2D eigenvalue weighted by Gasteiger charge is -2.21. The second kappa shape index (κ2) is 10.3. The molecule has 1 amide bonds. The Balaban J connectivity index is 1.81. The quantitative estimate of drug-likeness (QED) is 0.444. The number of hydrogen-bond acceptors (Lipinski definition) is 6. The van der Waals surface area contributed by atoms with E-state index in [-0.39, 0.29) is 12.5 Å². The maximum Gasteiger partial charge on any atom is 0.266 e. The van der Waals surface area contributed by atoms with E-state index in [1.54, 1.807) is 30.2 Å². The van der Waals surface area contributed by atoms with Crippen LogP contribution in [0.4, 0.5) is 5.13 Å². The van der Waals surface area contributed by atoms with Gasteiger partial charge in [0.2, 0.25) is 0 Å². The number of fused-ring (bicyclic) bond motifs is 1. The highest BCUT2D eigenvalue weighted by Crippen LogP contribution is 2.34. The van der Waals surface area contributed by atoms with Crippen LogP contribution >= 0.6 is 34.5 Å². The van der Waals surface area contributed by atoms with Crippen molar-refractivity contribution in [3.05, 3.63) is 46.4 Å². The molecule has 0 saturated carbocycles. The van der Waals surface area contributed by atoms with Gasteiger partial charge in [-0.15, -0.1) is 0 Å². The minimum absolute atomic E-state index is 0.156. The summed E-state index contributed by atoms with van der Waals surface area (Å²) in [6, 6.07) is 10.6. The maximum absolute atomic E-state index is 13.1. The number of anilines is 1. The highest BCUT2D eigenvalue weighted by Gasteiger charge is 2.21. The summed E-state index contributed by atoms with van der Waals surface area (Å²) >= 11 is 13.5. The van der Waals surface area contributed by atoms with Crippen LogP contribution < -0.4 is 14.4 Å². The number of rotatable bonds is 9. The second-order valence-corrected chi connectivity index (χ2v) is 8.72. The topological polar surface area (TPSA) is 54.9 Å². The van der Waals surface area contributed by atoms with E-state index < -0.39 is 0 Å². The molecule has 2 aromatic carbocycles. The van der Waals surface area contributed by atoms with Crippen molar-refractivity contribution in [2.75, 3.05) is 45.8 Å². The van der Waals surface area contributed by atoms with E-state index in [1.165, 1.54) is 11.3 Å². The monoisotopic (exact) mass is 467 g/mol. The number of aromatic nitrogens is 1. The van der Waals surface area contributed by atoms with Gasteiger partial charge in [0.1, 0.15) is 17.0 Å². The van der Waals surface area contributed by atoms with Gasteiger partial charge < -0.3 is 14.4 Å². The fraction of sp³-hybridized carbons (Fsp3) is 0.333. The zero-order valence-corrected chi connectivity index (χ0v) is 19.4. The molecule has 0 spiro atoms. The van der Waals surface area contributed by atoms with E-state index >= 15 is 0 Å². The van der Waals surface area contributed by atoms with Crippen LogP contribution in [0.25, 0.3) is 10.2 Å². The number of halogens is 2. The number of para-hydroxylation sites is 1. The van der Waals surface area contributed by atoms with Gasteiger partial charge >= 0.3 is 0 Å². The number of benzene rings is 2. The molecule has 3 rings (SSSR count). The first-order chi connectivity index (χ1) is 14.4. The zero-order chi connectivity index (χ0) is 21.7. The summed E-state index contributed by atoms with van der Waals surface area (Å²) in [5, 5.41) is 1.48. The van der Waals surface area contributed by atoms with Crippen LogP contribution in [0.2, 0.25) is 10.0 Å². The Hall–Kier alpha value is -2.06. The molecule has 3 aromatic rings. The largest absolute Gasteiger partial charge is 0.494 e. The minimum Gasteiger partial charge on any atom is -0.494 e. The first-order valence-corrected chi connectivity index (χ1v) is 10.9. The average Bonchev–Trinajstić information content (AvgIpc) is 3.14. The van der Waals surface area contributed by atoms with Crippen molar-refractivity contribution in [2.24, 2.45) is 0 Å². The summed E-state index contributed by atoms with van der Waals surface area (Å²) in [6.45, 7) is 1.22. The number of methoxy groups -OCH3 is 1. The van der Waals surface area contributed by atoms with Gasteiger partial charge in [-0.25, -0.2) is 4.98 Å². The summed E-state index contributed by atoms with van der Waals surface area (Å²) in [5.74, 6) is 0.895. The molecule has 0 atom stereocenters. The molecule has 0 radical (unpaired) electrons. The number of thiazole rings is 1. The standard InChI is InChI=1S/C21H23Cl2N3O3S/c1-25(2)10-5-11-26(19(27)13-29-16-9-8-14(22)12-15(16)23)21-24-20-17(28-3)6-4-7-18(20)30-21/h4,6-9,12H,5,10-11,13H2,1-3H3. The molecular formula is C21H23Cl2N3O3S. The number of carbonyl (C=O) groups excluding carboxylic acids is 1. The van der Waals surface area contributed by atoms with Gasteiger partial charge in [-0.1, -0.05) is 40.6 Å². The van der Waals surface area contributed by atoms with Gasteiger partial charge in [-0.05, 0) is 57.4 Å². The molecular weight excluding hydrogens is 445 g/mol. The lowest BCUT2D eigenvalue weighted by molar-refractivity contribution is -0.120. The first-order valence-electron chi connectivity index (χ1n) is 9.35. The number of carbonyl (C=O) groups is 1. The summed E-state index contributed by atoms with van der Waals surface area (Å²) in [5.41, 5.74) is 0.743. The van der Waals surface area contributed by atoms with Crippen LogP contribution in [-0.2, 0) is 4.79 Å². The third-order valence-corrected chi connectivity index (χ3v) is 5.93. The molecule has 0 aliphatic heterocycles. The first kappa shape index (κ1) is 22.6. The van der Waals surface area contributed by atoms with Crippen LogP contribution in [0.5, 0.6) is 11.5 Å². The number of ether oxygens (including phenoxy) is 2. The number of amides is 1. The Labute approximate surface area is 189 Å². The highest BCUT2D eigenvalue weighted by atomic mass is 35.5. The van der Waals surface area contributed by atoms with Crippen LogP contribution in [-0.4, -0.2) is 56.7 Å². The molecule has 0 aliphatic carbocycles. The van der Waals surface area contributed by atoms with Gasteiger partial charge in [-0.2, -0.15) is 0 Å². The average molecular weight is 468 g/mol. The fourth-order valence-electron chi connectivity index (χ4n) is 2.87. The Bertz CT molecular complexity index is 1030. The minimum atomic E-state index is -0.196. The maximum atomic E-state index is 13.1. The van der Waals surface area contributed by atoms with Gasteiger partial charge in [0.25, 0.3) is 5.91 Å². The van der Waals surface area contributed by atoms with Gasteiger partial charge in [-0.3, -0.25) is 9.69 Å². The summed E-state index contributed by atoms with van der Waals surface area (Å²) < 4.78 is 12.0. The Kier molecular flexibility index (Phi) is 7.77. The summed E-state index contributed by atoms with van der Waals surface area (Å²) in [4.78, 5) is 21.5. The van der Waals surface area contributed by atoms with Crippen molar-refractivity contribution in [1.82, 2.24) is 9.88 Å². The van der Waals surface area contributed by atoms with E-state index in [4.69, 9.17) is 32.7 Å². The van der Waals surface area contributed by atoms with E-state index in [2.05, 4.69) is 9.88 Å². The van der Waals surface area contributed by atoms with Crippen LogP contribution in [0, 0.1) is 0 Å². The summed E-state index contributed by atoms with van der Waals surface area (Å²) in [7, 11) is 5.61. The zero-order valence-electron chi connectivity index (χ0n) is 17.0. The Morgan fingerprint density at radius 1 is 1.13 bits per heavy atom. The van der Waals surface area contributed by atoms with Gasteiger partial charge in [0.15, 0.2) is 11.7 Å². The molecule has 6 nitrogen and oxygen atoms in total. The molecule has 0 aliphatic rings. The second-order valence-electron chi connectivity index (χ2n) is 6.87. The molecule has 160 valence electrons. The van der Waals surface area contributed by atoms with Gasteiger partial charge in [0.05, 0.1) is 16.8 Å². The molecule has 0 fully saturated rings. The Morgan fingerprint density at radius 3 is 2.63 bits per heavy atom. The molecule has 30 heavy (non-hydrogen) atoms. The third-order valence-electron chi connectivity index (χ3n) is 4.35. The van der Waals surface area contributed by atoms with Crippen LogP contribution in [0.15, 0.2) is 36.4 Å². The van der Waals surface area contributed by atoms with E-state index in [1.807, 2.05) is 32.3 Å². The van der Waals surface area contributed by atoms with Crippen molar-refractivity contribution in [3.8, 4) is 11.5 Å². The van der Waals surface area contributed by atoms with Crippen molar-refractivity contribution in [1.29, 1.82) is 0 Å². The van der Waals surface area contributed by atoms with Crippen LogP contribution in [0.1, 0.15) is 6.42 Å². The molecule has 1 heterocycles. The molecule has 0 N–H and O–H groups in total. The SMILES string of the molecule is COc1cccc2sc(N(CCCN(C)C)C(=O)COc3ccc(Cl)cc3Cl)nc12. The van der Waals surface area contributed by atoms with E-state index in [0.717, 1.165) is 23.2 Å². The van der Waals surface area contributed by atoms with Crippen LogP contribution in [0.3, 0.4) is 0 Å². The molecule has 0 saturated heterocycles. The molecule has 0 unspecified atom stereocenters. The van der Waals surface area contributed by atoms with Crippen molar-refractivity contribution < 1.29 is 14.3 Å². The van der Waals surface area contributed by atoms with E-state index in [9.17, 15) is 4.79 Å². The molecule has 0 bridgehead atoms. The molecule has 9 heteroatoms.